The van der Waals surface area contributed by atoms with Crippen LogP contribution in [0.3, 0.4) is 0 Å². The maximum Gasteiger partial charge on any atom is 0.227 e. The van der Waals surface area contributed by atoms with Gasteiger partial charge in [-0.05, 0) is 32.6 Å². The van der Waals surface area contributed by atoms with E-state index in [0.717, 1.165) is 24.8 Å². The Morgan fingerprint density at radius 2 is 2.00 bits per heavy atom. The van der Waals surface area contributed by atoms with E-state index in [0.29, 0.717) is 11.9 Å². The van der Waals surface area contributed by atoms with E-state index in [4.69, 9.17) is 4.52 Å². The standard InChI is InChI=1S/C12H23N3O/c1-9(2)5-6-10(3)13-8-7-12-14-11(4)15-16-12/h9-10,13H,5-8H2,1-4H3. The largest absolute Gasteiger partial charge is 0.339 e. The predicted molar refractivity (Wildman–Crippen MR) is 64.3 cm³/mol. The monoisotopic (exact) mass is 225 g/mol. The number of hydrogen-bond acceptors (Lipinski definition) is 4. The molecule has 4 heteroatoms. The van der Waals surface area contributed by atoms with Gasteiger partial charge in [0.05, 0.1) is 0 Å². The second kappa shape index (κ2) is 6.63. The maximum atomic E-state index is 5.04. The van der Waals surface area contributed by atoms with Crippen molar-refractivity contribution >= 4 is 0 Å². The molecule has 0 bridgehead atoms. The molecule has 1 rings (SSSR count). The Labute approximate surface area is 97.8 Å². The van der Waals surface area contributed by atoms with Crippen molar-refractivity contribution in [1.82, 2.24) is 15.5 Å². The maximum absolute atomic E-state index is 5.04. The molecule has 0 aliphatic rings. The summed E-state index contributed by atoms with van der Waals surface area (Å²) < 4.78 is 5.04. The first-order chi connectivity index (χ1) is 7.58. The van der Waals surface area contributed by atoms with Gasteiger partial charge in [0.25, 0.3) is 0 Å². The van der Waals surface area contributed by atoms with Gasteiger partial charge < -0.3 is 9.84 Å². The Bertz CT molecular complexity index is 296. The van der Waals surface area contributed by atoms with Gasteiger partial charge in [0.2, 0.25) is 5.89 Å². The van der Waals surface area contributed by atoms with Crippen molar-refractivity contribution in [3.8, 4) is 0 Å². The first-order valence-corrected chi connectivity index (χ1v) is 6.10. The van der Waals surface area contributed by atoms with Gasteiger partial charge in [-0.25, -0.2) is 0 Å². The molecular formula is C12H23N3O. The summed E-state index contributed by atoms with van der Waals surface area (Å²) in [5.74, 6) is 2.21. The quantitative estimate of drug-likeness (QED) is 0.774. The second-order valence-corrected chi connectivity index (χ2v) is 4.81. The van der Waals surface area contributed by atoms with Crippen LogP contribution in [0.4, 0.5) is 0 Å². The van der Waals surface area contributed by atoms with Crippen molar-refractivity contribution < 1.29 is 4.52 Å². The Hall–Kier alpha value is -0.900. The zero-order valence-electron chi connectivity index (χ0n) is 10.8. The van der Waals surface area contributed by atoms with Crippen LogP contribution in [0.25, 0.3) is 0 Å². The van der Waals surface area contributed by atoms with Crippen molar-refractivity contribution in [2.45, 2.75) is 53.0 Å². The van der Waals surface area contributed by atoms with Crippen LogP contribution in [0.15, 0.2) is 4.52 Å². The molecule has 0 saturated carbocycles. The van der Waals surface area contributed by atoms with Crippen LogP contribution >= 0.6 is 0 Å². The lowest BCUT2D eigenvalue weighted by Gasteiger charge is -2.14. The van der Waals surface area contributed by atoms with Gasteiger partial charge >= 0.3 is 0 Å². The van der Waals surface area contributed by atoms with E-state index < -0.39 is 0 Å². The molecule has 1 aromatic rings. The average Bonchev–Trinajstić information content (AvgIpc) is 2.61. The Balaban J connectivity index is 2.10. The number of aryl methyl sites for hydroxylation is 1. The summed E-state index contributed by atoms with van der Waals surface area (Å²) >= 11 is 0. The van der Waals surface area contributed by atoms with E-state index in [9.17, 15) is 0 Å². The molecule has 4 nitrogen and oxygen atoms in total. The van der Waals surface area contributed by atoms with Gasteiger partial charge in [-0.15, -0.1) is 0 Å². The summed E-state index contributed by atoms with van der Waals surface area (Å²) in [5, 5.41) is 7.23. The number of nitrogens with zero attached hydrogens (tertiary/aromatic N) is 2. The molecule has 92 valence electrons. The van der Waals surface area contributed by atoms with E-state index in [-0.39, 0.29) is 0 Å². The molecule has 0 spiro atoms. The van der Waals surface area contributed by atoms with Crippen molar-refractivity contribution in [2.75, 3.05) is 6.54 Å². The molecule has 1 unspecified atom stereocenters. The van der Waals surface area contributed by atoms with Gasteiger partial charge in [-0.2, -0.15) is 4.98 Å². The number of aromatic nitrogens is 2. The van der Waals surface area contributed by atoms with Crippen LogP contribution in [0.1, 0.15) is 45.3 Å². The zero-order chi connectivity index (χ0) is 12.0. The molecule has 1 atom stereocenters. The number of hydrogen-bond donors (Lipinski definition) is 1. The van der Waals surface area contributed by atoms with Crippen LogP contribution in [0, 0.1) is 12.8 Å². The molecule has 1 aromatic heterocycles. The highest BCUT2D eigenvalue weighted by molar-refractivity contribution is 4.83. The van der Waals surface area contributed by atoms with Gasteiger partial charge in [0.1, 0.15) is 0 Å². The lowest BCUT2D eigenvalue weighted by Crippen LogP contribution is -2.28. The second-order valence-electron chi connectivity index (χ2n) is 4.81. The SMILES string of the molecule is Cc1noc(CCNC(C)CCC(C)C)n1. The van der Waals surface area contributed by atoms with Crippen LogP contribution in [-0.4, -0.2) is 22.7 Å². The molecule has 0 aliphatic heterocycles. The zero-order valence-corrected chi connectivity index (χ0v) is 10.8. The van der Waals surface area contributed by atoms with Crippen molar-refractivity contribution in [3.63, 3.8) is 0 Å². The Kier molecular flexibility index (Phi) is 5.46. The molecule has 1 heterocycles. The molecule has 0 aromatic carbocycles. The molecule has 1 N–H and O–H groups in total. The summed E-state index contributed by atoms with van der Waals surface area (Å²) in [6, 6.07) is 0.561. The van der Waals surface area contributed by atoms with E-state index >= 15 is 0 Å². The number of rotatable bonds is 7. The highest BCUT2D eigenvalue weighted by atomic mass is 16.5. The van der Waals surface area contributed by atoms with Crippen molar-refractivity contribution in [3.05, 3.63) is 11.7 Å². The highest BCUT2D eigenvalue weighted by Crippen LogP contribution is 2.06. The topological polar surface area (TPSA) is 51.0 Å². The minimum Gasteiger partial charge on any atom is -0.339 e. The fourth-order valence-corrected chi connectivity index (χ4v) is 1.55. The van der Waals surface area contributed by atoms with Crippen molar-refractivity contribution in [2.24, 2.45) is 5.92 Å². The third kappa shape index (κ3) is 5.26. The highest BCUT2D eigenvalue weighted by Gasteiger charge is 2.05. The summed E-state index contributed by atoms with van der Waals surface area (Å²) in [6.45, 7) is 9.48. The van der Waals surface area contributed by atoms with Crippen LogP contribution < -0.4 is 5.32 Å². The third-order valence-electron chi connectivity index (χ3n) is 2.58. The van der Waals surface area contributed by atoms with E-state index in [1.807, 2.05) is 6.92 Å². The normalized spacial score (nSPS) is 13.3. The summed E-state index contributed by atoms with van der Waals surface area (Å²) in [5.41, 5.74) is 0. The molecule has 0 saturated heterocycles. The number of nitrogens with one attached hydrogen (secondary N) is 1. The van der Waals surface area contributed by atoms with Gasteiger partial charge in [-0.3, -0.25) is 0 Å². The van der Waals surface area contributed by atoms with Crippen LogP contribution in [-0.2, 0) is 6.42 Å². The summed E-state index contributed by atoms with van der Waals surface area (Å²) in [7, 11) is 0. The first-order valence-electron chi connectivity index (χ1n) is 6.10. The Morgan fingerprint density at radius 3 is 2.56 bits per heavy atom. The molecule has 16 heavy (non-hydrogen) atoms. The van der Waals surface area contributed by atoms with E-state index in [1.165, 1.54) is 12.8 Å². The third-order valence-corrected chi connectivity index (χ3v) is 2.58. The Morgan fingerprint density at radius 1 is 1.25 bits per heavy atom. The fourth-order valence-electron chi connectivity index (χ4n) is 1.55. The average molecular weight is 225 g/mol. The predicted octanol–water partition coefficient (Wildman–Crippen LogP) is 2.33. The van der Waals surface area contributed by atoms with Gasteiger partial charge in [0.15, 0.2) is 5.82 Å². The van der Waals surface area contributed by atoms with Crippen LogP contribution in [0.5, 0.6) is 0 Å². The van der Waals surface area contributed by atoms with E-state index in [2.05, 4.69) is 36.2 Å². The summed E-state index contributed by atoms with van der Waals surface area (Å²) in [6.07, 6.45) is 3.31. The van der Waals surface area contributed by atoms with E-state index in [1.54, 1.807) is 0 Å². The molecule has 0 aliphatic carbocycles. The van der Waals surface area contributed by atoms with Gasteiger partial charge in [-0.1, -0.05) is 19.0 Å². The lowest BCUT2D eigenvalue weighted by molar-refractivity contribution is 0.367. The minimum atomic E-state index is 0.561. The van der Waals surface area contributed by atoms with Crippen molar-refractivity contribution in [1.29, 1.82) is 0 Å². The minimum absolute atomic E-state index is 0.561. The van der Waals surface area contributed by atoms with Crippen LogP contribution in [0.2, 0.25) is 0 Å². The fraction of sp³-hybridized carbons (Fsp3) is 0.833. The smallest absolute Gasteiger partial charge is 0.227 e. The van der Waals surface area contributed by atoms with Gasteiger partial charge in [0, 0.05) is 19.0 Å². The first kappa shape index (κ1) is 13.2. The lowest BCUT2D eigenvalue weighted by atomic mass is 10.0. The molecule has 0 fully saturated rings. The molecular weight excluding hydrogens is 202 g/mol. The molecule has 0 radical (unpaired) electrons. The molecule has 0 amide bonds. The summed E-state index contributed by atoms with van der Waals surface area (Å²) in [4.78, 5) is 4.16.